The van der Waals surface area contributed by atoms with Crippen molar-refractivity contribution in [1.82, 2.24) is 24.9 Å². The van der Waals surface area contributed by atoms with Crippen LogP contribution < -0.4 is 5.32 Å². The van der Waals surface area contributed by atoms with E-state index in [0.29, 0.717) is 32.5 Å². The number of thiazole rings is 1. The van der Waals surface area contributed by atoms with Crippen LogP contribution in [-0.2, 0) is 23.9 Å². The van der Waals surface area contributed by atoms with Crippen molar-refractivity contribution >= 4 is 28.2 Å². The van der Waals surface area contributed by atoms with Crippen molar-refractivity contribution in [1.29, 1.82) is 0 Å². The highest BCUT2D eigenvalue weighted by Gasteiger charge is 2.31. The van der Waals surface area contributed by atoms with Gasteiger partial charge in [-0.2, -0.15) is 13.2 Å². The number of anilines is 1. The Morgan fingerprint density at radius 1 is 1.11 bits per heavy atom. The molecular formula is C26H25F3N6O2S. The Labute approximate surface area is 221 Å². The molecule has 2 aromatic carbocycles. The van der Waals surface area contributed by atoms with Crippen molar-refractivity contribution in [3.05, 3.63) is 76.6 Å². The second kappa shape index (κ2) is 10.8. The normalized spacial score (nSPS) is 11.7. The maximum Gasteiger partial charge on any atom is 0.416 e. The number of carbonyl (C=O) groups excluding carboxylic acids is 2. The fraction of sp³-hybridized carbons (Fsp3) is 0.269. The molecule has 0 aliphatic rings. The number of nitrogens with one attached hydrogen (secondary N) is 1. The minimum atomic E-state index is -4.56. The van der Waals surface area contributed by atoms with Crippen LogP contribution in [0.25, 0.3) is 16.3 Å². The molecule has 0 spiro atoms. The van der Waals surface area contributed by atoms with Gasteiger partial charge < -0.3 is 10.2 Å². The van der Waals surface area contributed by atoms with Crippen LogP contribution in [0.3, 0.4) is 0 Å². The first-order chi connectivity index (χ1) is 17.9. The van der Waals surface area contributed by atoms with Gasteiger partial charge in [0.05, 0.1) is 22.3 Å². The van der Waals surface area contributed by atoms with Gasteiger partial charge >= 0.3 is 6.18 Å². The Morgan fingerprint density at radius 2 is 1.87 bits per heavy atom. The largest absolute Gasteiger partial charge is 0.416 e. The number of alkyl halides is 3. The molecule has 2 aromatic heterocycles. The molecule has 0 aliphatic heterocycles. The highest BCUT2D eigenvalue weighted by atomic mass is 32.1. The van der Waals surface area contributed by atoms with Crippen molar-refractivity contribution in [3.8, 4) is 16.3 Å². The zero-order chi connectivity index (χ0) is 27.6. The molecule has 4 rings (SSSR count). The molecule has 198 valence electrons. The number of nitrogens with zero attached hydrogens (tertiary/aromatic N) is 5. The lowest BCUT2D eigenvalue weighted by Crippen LogP contribution is -2.15. The summed E-state index contributed by atoms with van der Waals surface area (Å²) < 4.78 is 42.0. The van der Waals surface area contributed by atoms with Crippen molar-refractivity contribution in [2.75, 3.05) is 19.4 Å². The molecule has 12 heteroatoms. The number of ketones is 1. The summed E-state index contributed by atoms with van der Waals surface area (Å²) in [7, 11) is 3.50. The van der Waals surface area contributed by atoms with Crippen LogP contribution in [0.4, 0.5) is 18.3 Å². The Kier molecular flexibility index (Phi) is 7.74. The molecule has 0 fully saturated rings. The summed E-state index contributed by atoms with van der Waals surface area (Å²) in [6.45, 7) is 3.55. The minimum Gasteiger partial charge on any atom is -0.305 e. The number of rotatable bonds is 8. The number of amides is 1. The maximum atomic E-state index is 13.5. The second-order valence-electron chi connectivity index (χ2n) is 9.13. The van der Waals surface area contributed by atoms with Gasteiger partial charge in [0.1, 0.15) is 5.69 Å². The van der Waals surface area contributed by atoms with E-state index in [-0.39, 0.29) is 24.4 Å². The van der Waals surface area contributed by atoms with Crippen molar-refractivity contribution in [3.63, 3.8) is 0 Å². The first-order valence-corrected chi connectivity index (χ1v) is 12.4. The number of halogens is 3. The summed E-state index contributed by atoms with van der Waals surface area (Å²) >= 11 is 1.26. The minimum absolute atomic E-state index is 0.0158. The molecule has 38 heavy (non-hydrogen) atoms. The fourth-order valence-corrected chi connectivity index (χ4v) is 4.68. The van der Waals surface area contributed by atoms with E-state index in [1.54, 1.807) is 48.2 Å². The molecule has 0 atom stereocenters. The van der Waals surface area contributed by atoms with Gasteiger partial charge in [-0.05, 0) is 62.0 Å². The van der Waals surface area contributed by atoms with E-state index in [4.69, 9.17) is 0 Å². The number of hydrogen-bond acceptors (Lipinski definition) is 7. The highest BCUT2D eigenvalue weighted by molar-refractivity contribution is 7.19. The van der Waals surface area contributed by atoms with Gasteiger partial charge in [-0.25, -0.2) is 9.67 Å². The molecule has 0 radical (unpaired) electrons. The standard InChI is InChI=1S/C26H25F3N6O2S/c1-15-5-6-17(10-23(37)19-7-18(13-34(3)4)8-20(11-19)26(27,28)29)9-22(15)35-14-21(32-33-35)24-12-30-25(38-24)31-16(2)36/h5-9,11-12,14H,10,13H2,1-4H3,(H,30,31,36). The summed E-state index contributed by atoms with van der Waals surface area (Å²) in [4.78, 5) is 30.9. The van der Waals surface area contributed by atoms with Crippen LogP contribution in [0.5, 0.6) is 0 Å². The number of carbonyl (C=O) groups is 2. The van der Waals surface area contributed by atoms with E-state index in [1.807, 2.05) is 13.0 Å². The van der Waals surface area contributed by atoms with Gasteiger partial charge in [-0.1, -0.05) is 28.7 Å². The monoisotopic (exact) mass is 542 g/mol. The van der Waals surface area contributed by atoms with E-state index in [9.17, 15) is 22.8 Å². The van der Waals surface area contributed by atoms with Gasteiger partial charge in [0.15, 0.2) is 10.9 Å². The number of benzene rings is 2. The Hall–Kier alpha value is -3.90. The SMILES string of the molecule is CC(=O)Nc1ncc(-c2cn(-c3cc(CC(=O)c4cc(CN(C)C)cc(C(F)(F)F)c4)ccc3C)nn2)s1. The maximum absolute atomic E-state index is 13.5. The zero-order valence-corrected chi connectivity index (χ0v) is 21.9. The lowest BCUT2D eigenvalue weighted by molar-refractivity contribution is -0.137. The fourth-order valence-electron chi connectivity index (χ4n) is 3.87. The van der Waals surface area contributed by atoms with Gasteiger partial charge in [0.25, 0.3) is 0 Å². The number of hydrogen-bond donors (Lipinski definition) is 1. The topological polar surface area (TPSA) is 93.0 Å². The Bertz CT molecular complexity index is 1490. The molecule has 0 aliphatic carbocycles. The van der Waals surface area contributed by atoms with Crippen LogP contribution in [0, 0.1) is 6.92 Å². The smallest absolute Gasteiger partial charge is 0.305 e. The third-order valence-electron chi connectivity index (χ3n) is 5.56. The second-order valence-corrected chi connectivity index (χ2v) is 10.2. The summed E-state index contributed by atoms with van der Waals surface area (Å²) in [6, 6.07) is 8.86. The van der Waals surface area contributed by atoms with Crippen molar-refractivity contribution in [2.45, 2.75) is 33.0 Å². The molecule has 1 amide bonds. The molecular weight excluding hydrogens is 517 g/mol. The molecule has 0 saturated carbocycles. The molecule has 1 N–H and O–H groups in total. The van der Waals surface area contributed by atoms with Crippen molar-refractivity contribution in [2.24, 2.45) is 0 Å². The highest BCUT2D eigenvalue weighted by Crippen LogP contribution is 2.32. The molecule has 2 heterocycles. The van der Waals surface area contributed by atoms with E-state index < -0.39 is 17.5 Å². The molecule has 0 unspecified atom stereocenters. The molecule has 0 bridgehead atoms. The van der Waals surface area contributed by atoms with Crippen LogP contribution in [0.15, 0.2) is 48.8 Å². The molecule has 8 nitrogen and oxygen atoms in total. The summed E-state index contributed by atoms with van der Waals surface area (Å²) in [5.41, 5.74) is 2.32. The van der Waals surface area contributed by atoms with Crippen LogP contribution in [-0.4, -0.2) is 50.7 Å². The number of Topliss-reactive ketones (excluding diaryl/α,β-unsaturated/α-hetero) is 1. The third kappa shape index (κ3) is 6.50. The van der Waals surface area contributed by atoms with Crippen LogP contribution in [0.2, 0.25) is 0 Å². The Balaban J connectivity index is 1.59. The Morgan fingerprint density at radius 3 is 2.55 bits per heavy atom. The average Bonchev–Trinajstić information content (AvgIpc) is 3.48. The summed E-state index contributed by atoms with van der Waals surface area (Å²) in [5, 5.41) is 11.5. The molecule has 0 saturated heterocycles. The summed E-state index contributed by atoms with van der Waals surface area (Å²) in [5.74, 6) is -0.643. The lowest BCUT2D eigenvalue weighted by Gasteiger charge is -2.15. The number of aromatic nitrogens is 4. The predicted molar refractivity (Wildman–Crippen MR) is 138 cm³/mol. The summed E-state index contributed by atoms with van der Waals surface area (Å²) in [6.07, 6.45) is -1.34. The first-order valence-electron chi connectivity index (χ1n) is 11.5. The van der Waals surface area contributed by atoms with Crippen molar-refractivity contribution < 1.29 is 22.8 Å². The zero-order valence-electron chi connectivity index (χ0n) is 21.1. The quantitative estimate of drug-likeness (QED) is 0.309. The third-order valence-corrected chi connectivity index (χ3v) is 6.50. The van der Waals surface area contributed by atoms with Gasteiger partial charge in [0, 0.05) is 31.6 Å². The molecule has 4 aromatic rings. The first kappa shape index (κ1) is 27.1. The van der Waals surface area contributed by atoms with Gasteiger partial charge in [-0.15, -0.1) is 5.10 Å². The van der Waals surface area contributed by atoms with Gasteiger partial charge in [0.2, 0.25) is 5.91 Å². The lowest BCUT2D eigenvalue weighted by atomic mass is 9.97. The van der Waals surface area contributed by atoms with Crippen LogP contribution >= 0.6 is 11.3 Å². The van der Waals surface area contributed by atoms with E-state index >= 15 is 0 Å². The average molecular weight is 543 g/mol. The van der Waals surface area contributed by atoms with Crippen LogP contribution in [0.1, 0.15) is 39.5 Å². The predicted octanol–water partition coefficient (Wildman–Crippen LogP) is 5.16. The van der Waals surface area contributed by atoms with Gasteiger partial charge in [-0.3, -0.25) is 9.59 Å². The van der Waals surface area contributed by atoms with E-state index in [1.165, 1.54) is 24.3 Å². The van der Waals surface area contributed by atoms with E-state index in [0.717, 1.165) is 17.7 Å². The number of aryl methyl sites for hydroxylation is 1. The van der Waals surface area contributed by atoms with E-state index in [2.05, 4.69) is 20.6 Å².